The highest BCUT2D eigenvalue weighted by Crippen LogP contribution is 2.34. The van der Waals surface area contributed by atoms with E-state index in [0.29, 0.717) is 0 Å². The van der Waals surface area contributed by atoms with Gasteiger partial charge >= 0.3 is 0 Å². The first-order chi connectivity index (χ1) is 20.0. The summed E-state index contributed by atoms with van der Waals surface area (Å²) in [6.45, 7) is 8.89. The van der Waals surface area contributed by atoms with Crippen molar-refractivity contribution in [2.24, 2.45) is 0 Å². The summed E-state index contributed by atoms with van der Waals surface area (Å²) in [5.41, 5.74) is 14.3. The van der Waals surface area contributed by atoms with Gasteiger partial charge in [-0.25, -0.2) is 4.98 Å². The number of hydrogen-bond donors (Lipinski definition) is 1. The fourth-order valence-electron chi connectivity index (χ4n) is 5.38. The van der Waals surface area contributed by atoms with E-state index in [-0.39, 0.29) is 0 Å². The number of ether oxygens (including phenoxy) is 1. The summed E-state index contributed by atoms with van der Waals surface area (Å²) in [7, 11) is 1.68. The molecule has 0 aliphatic rings. The molecule has 1 heterocycles. The molecule has 0 aliphatic carbocycles. The van der Waals surface area contributed by atoms with E-state index in [9.17, 15) is 0 Å². The molecule has 0 bridgehead atoms. The van der Waals surface area contributed by atoms with Crippen LogP contribution in [0.25, 0.3) is 33.6 Å². The molecule has 208 valence electrons. The largest absolute Gasteiger partial charge is 0.497 e. The van der Waals surface area contributed by atoms with Gasteiger partial charge < -0.3 is 10.1 Å². The zero-order valence-corrected chi connectivity index (χ0v) is 24.9. The van der Waals surface area contributed by atoms with E-state index in [0.717, 1.165) is 54.2 Å². The second-order valence-corrected chi connectivity index (χ2v) is 10.5. The average Bonchev–Trinajstić information content (AvgIpc) is 3.04. The van der Waals surface area contributed by atoms with Crippen LogP contribution in [0, 0.1) is 0 Å². The summed E-state index contributed by atoms with van der Waals surface area (Å²) in [4.78, 5) is 5.29. The lowest BCUT2D eigenvalue weighted by Gasteiger charge is -2.16. The van der Waals surface area contributed by atoms with Gasteiger partial charge in [0.05, 0.1) is 18.5 Å². The zero-order chi connectivity index (χ0) is 28.8. The smallest absolute Gasteiger partial charge is 0.119 e. The number of methoxy groups -OCH3 is 1. The van der Waals surface area contributed by atoms with E-state index in [2.05, 4.69) is 106 Å². The molecule has 0 atom stereocenters. The summed E-state index contributed by atoms with van der Waals surface area (Å²) in [5, 5.41) is 3.49. The second-order valence-electron chi connectivity index (χ2n) is 10.5. The Morgan fingerprint density at radius 3 is 1.46 bits per heavy atom. The van der Waals surface area contributed by atoms with Crippen LogP contribution in [0.1, 0.15) is 49.9 Å². The number of aryl methyl sites for hydroxylation is 4. The van der Waals surface area contributed by atoms with Crippen LogP contribution < -0.4 is 10.1 Å². The average molecular weight is 541 g/mol. The molecule has 0 amide bonds. The topological polar surface area (TPSA) is 34.1 Å². The van der Waals surface area contributed by atoms with Crippen molar-refractivity contribution < 1.29 is 4.74 Å². The van der Waals surface area contributed by atoms with Gasteiger partial charge in [0.15, 0.2) is 0 Å². The predicted octanol–water partition coefficient (Wildman–Crippen LogP) is 10.1. The van der Waals surface area contributed by atoms with Crippen LogP contribution in [-0.2, 0) is 25.7 Å². The van der Waals surface area contributed by atoms with E-state index in [1.54, 1.807) is 7.11 Å². The monoisotopic (exact) mass is 540 g/mol. The molecule has 0 radical (unpaired) electrons. The van der Waals surface area contributed by atoms with E-state index in [1.165, 1.54) is 44.5 Å². The van der Waals surface area contributed by atoms with Gasteiger partial charge in [-0.2, -0.15) is 0 Å². The summed E-state index contributed by atoms with van der Waals surface area (Å²) in [6.07, 6.45) is 4.02. The van der Waals surface area contributed by atoms with Gasteiger partial charge in [-0.15, -0.1) is 0 Å². The molecule has 0 saturated carbocycles. The van der Waals surface area contributed by atoms with E-state index < -0.39 is 0 Å². The first-order valence-corrected chi connectivity index (χ1v) is 14.8. The quantitative estimate of drug-likeness (QED) is 0.191. The minimum atomic E-state index is 0.848. The molecule has 3 nitrogen and oxygen atoms in total. The third kappa shape index (κ3) is 6.36. The van der Waals surface area contributed by atoms with Crippen molar-refractivity contribution in [3.05, 3.63) is 119 Å². The molecule has 0 spiro atoms. The highest BCUT2D eigenvalue weighted by Gasteiger charge is 2.14. The molecule has 0 aliphatic heterocycles. The maximum Gasteiger partial charge on any atom is 0.119 e. The van der Waals surface area contributed by atoms with Crippen molar-refractivity contribution in [1.82, 2.24) is 4.98 Å². The Hall–Kier alpha value is -4.37. The van der Waals surface area contributed by atoms with Crippen molar-refractivity contribution >= 4 is 11.4 Å². The van der Waals surface area contributed by atoms with E-state index >= 15 is 0 Å². The summed E-state index contributed by atoms with van der Waals surface area (Å²) in [6, 6.07) is 34.8. The van der Waals surface area contributed by atoms with Crippen molar-refractivity contribution in [2.45, 2.75) is 53.4 Å². The van der Waals surface area contributed by atoms with Crippen LogP contribution in [0.4, 0.5) is 11.4 Å². The van der Waals surface area contributed by atoms with E-state index in [4.69, 9.17) is 9.72 Å². The molecule has 1 aromatic heterocycles. The number of nitrogens with zero attached hydrogens (tertiary/aromatic N) is 1. The van der Waals surface area contributed by atoms with Crippen LogP contribution >= 0.6 is 0 Å². The van der Waals surface area contributed by atoms with Gasteiger partial charge in [-0.05, 0) is 108 Å². The second kappa shape index (κ2) is 12.9. The van der Waals surface area contributed by atoms with Crippen LogP contribution in [-0.4, -0.2) is 12.1 Å². The highest BCUT2D eigenvalue weighted by atomic mass is 16.5. The molecule has 3 heteroatoms. The van der Waals surface area contributed by atoms with Gasteiger partial charge in [0, 0.05) is 22.5 Å². The molecule has 4 aromatic carbocycles. The third-order valence-corrected chi connectivity index (χ3v) is 7.89. The normalized spacial score (nSPS) is 11.0. The SMILES string of the molecule is CCc1ccc(-c2cc(-c3ccc(Nc4ccc(OC)cc4)cc3)cc(-c3ccc(CC)cc3CC)n2)c(CC)c1. The maximum atomic E-state index is 5.29. The molecular weight excluding hydrogens is 500 g/mol. The van der Waals surface area contributed by atoms with Gasteiger partial charge in [0.1, 0.15) is 5.75 Å². The standard InChI is InChI=1S/C38H40N2O/c1-6-26-10-20-35(28(8-3)22-26)37-24-31(25-38(40-37)36-21-11-27(7-2)23-29(36)9-4)30-12-14-32(15-13-30)39-33-16-18-34(41-5)19-17-33/h10-25,39H,6-9H2,1-5H3. The summed E-state index contributed by atoms with van der Waals surface area (Å²) >= 11 is 0. The molecular formula is C38H40N2O. The molecule has 5 aromatic rings. The van der Waals surface area contributed by atoms with Crippen LogP contribution in [0.5, 0.6) is 5.75 Å². The lowest BCUT2D eigenvalue weighted by atomic mass is 9.93. The van der Waals surface area contributed by atoms with Gasteiger partial charge in [0.25, 0.3) is 0 Å². The highest BCUT2D eigenvalue weighted by molar-refractivity contribution is 5.79. The van der Waals surface area contributed by atoms with Crippen LogP contribution in [0.15, 0.2) is 97.1 Å². The van der Waals surface area contributed by atoms with Crippen molar-refractivity contribution in [1.29, 1.82) is 0 Å². The van der Waals surface area contributed by atoms with Crippen molar-refractivity contribution in [2.75, 3.05) is 12.4 Å². The number of hydrogen-bond acceptors (Lipinski definition) is 3. The molecule has 0 unspecified atom stereocenters. The van der Waals surface area contributed by atoms with Gasteiger partial charge in [-0.3, -0.25) is 0 Å². The Bertz CT molecular complexity index is 1540. The Morgan fingerprint density at radius 1 is 0.537 bits per heavy atom. The first-order valence-electron chi connectivity index (χ1n) is 14.8. The Morgan fingerprint density at radius 2 is 1.02 bits per heavy atom. The number of rotatable bonds is 10. The number of aromatic nitrogens is 1. The van der Waals surface area contributed by atoms with Crippen molar-refractivity contribution in [3.8, 4) is 39.4 Å². The lowest BCUT2D eigenvalue weighted by Crippen LogP contribution is -1.98. The Labute approximate surface area is 245 Å². The molecule has 41 heavy (non-hydrogen) atoms. The maximum absolute atomic E-state index is 5.29. The summed E-state index contributed by atoms with van der Waals surface area (Å²) in [5.74, 6) is 0.848. The Kier molecular flexibility index (Phi) is 8.84. The molecule has 0 fully saturated rings. The Balaban J connectivity index is 1.58. The molecule has 0 saturated heterocycles. The van der Waals surface area contributed by atoms with Crippen LogP contribution in [0.3, 0.4) is 0 Å². The fourth-order valence-corrected chi connectivity index (χ4v) is 5.38. The first kappa shape index (κ1) is 28.2. The third-order valence-electron chi connectivity index (χ3n) is 7.89. The minimum Gasteiger partial charge on any atom is -0.497 e. The van der Waals surface area contributed by atoms with Gasteiger partial charge in [-0.1, -0.05) is 76.2 Å². The minimum absolute atomic E-state index is 0.848. The zero-order valence-electron chi connectivity index (χ0n) is 24.9. The molecule has 1 N–H and O–H groups in total. The summed E-state index contributed by atoms with van der Waals surface area (Å²) < 4.78 is 5.29. The van der Waals surface area contributed by atoms with E-state index in [1.807, 2.05) is 24.3 Å². The van der Waals surface area contributed by atoms with Gasteiger partial charge in [0.2, 0.25) is 0 Å². The number of benzene rings is 4. The molecule has 5 rings (SSSR count). The number of nitrogens with one attached hydrogen (secondary N) is 1. The lowest BCUT2D eigenvalue weighted by molar-refractivity contribution is 0.415. The van der Waals surface area contributed by atoms with Crippen molar-refractivity contribution in [3.63, 3.8) is 0 Å². The predicted molar refractivity (Wildman–Crippen MR) is 174 cm³/mol. The fraction of sp³-hybridized carbons (Fsp3) is 0.237. The number of pyridine rings is 1. The number of anilines is 2. The van der Waals surface area contributed by atoms with Crippen LogP contribution in [0.2, 0.25) is 0 Å².